The second-order valence-electron chi connectivity index (χ2n) is 4.68. The lowest BCUT2D eigenvalue weighted by atomic mass is 10.2. The van der Waals surface area contributed by atoms with Crippen LogP contribution in [0.1, 0.15) is 31.7 Å². The molecule has 0 aliphatic rings. The molecular weight excluding hydrogens is 200 g/mol. The van der Waals surface area contributed by atoms with E-state index in [1.165, 1.54) is 11.4 Å². The van der Waals surface area contributed by atoms with Gasteiger partial charge in [-0.05, 0) is 33.5 Å². The van der Waals surface area contributed by atoms with Crippen molar-refractivity contribution in [3.8, 4) is 0 Å². The van der Waals surface area contributed by atoms with Gasteiger partial charge in [-0.3, -0.25) is 5.10 Å². The lowest BCUT2D eigenvalue weighted by Crippen LogP contribution is -2.35. The maximum Gasteiger partial charge on any atom is 0.0625 e. The number of rotatable bonds is 7. The Morgan fingerprint density at radius 2 is 2.25 bits per heavy atom. The summed E-state index contributed by atoms with van der Waals surface area (Å²) in [7, 11) is 4.18. The molecule has 0 fully saturated rings. The Kier molecular flexibility index (Phi) is 5.49. The first kappa shape index (κ1) is 13.2. The van der Waals surface area contributed by atoms with Gasteiger partial charge in [-0.1, -0.05) is 13.3 Å². The number of nitrogens with one attached hydrogen (secondary N) is 2. The summed E-state index contributed by atoms with van der Waals surface area (Å²) in [5.74, 6) is 0. The minimum Gasteiger partial charge on any atom is -0.308 e. The third-order valence-electron chi connectivity index (χ3n) is 2.47. The summed E-state index contributed by atoms with van der Waals surface area (Å²) in [6.07, 6.45) is 2.21. The maximum atomic E-state index is 4.27. The predicted octanol–water partition coefficient (Wildman–Crippen LogP) is 1.40. The molecule has 16 heavy (non-hydrogen) atoms. The number of nitrogens with zero attached hydrogens (tertiary/aromatic N) is 2. The Balaban J connectivity index is 2.30. The molecule has 0 spiro atoms. The molecule has 1 aromatic rings. The predicted molar refractivity (Wildman–Crippen MR) is 67.4 cm³/mol. The number of H-pyrrole nitrogens is 1. The number of aromatic amines is 1. The fourth-order valence-corrected chi connectivity index (χ4v) is 1.78. The lowest BCUT2D eigenvalue weighted by molar-refractivity contribution is 0.348. The number of aryl methyl sites for hydroxylation is 1. The number of likely N-dealkylation sites (N-methyl/N-ethyl adjacent to an activating group) is 1. The summed E-state index contributed by atoms with van der Waals surface area (Å²) >= 11 is 0. The van der Waals surface area contributed by atoms with Crippen molar-refractivity contribution in [2.24, 2.45) is 0 Å². The molecule has 4 heteroatoms. The molecule has 0 amide bonds. The first-order valence-corrected chi connectivity index (χ1v) is 6.03. The minimum absolute atomic E-state index is 0.493. The van der Waals surface area contributed by atoms with Crippen LogP contribution in [0.3, 0.4) is 0 Å². The van der Waals surface area contributed by atoms with Crippen LogP contribution in [0.4, 0.5) is 0 Å². The van der Waals surface area contributed by atoms with Gasteiger partial charge in [-0.2, -0.15) is 5.10 Å². The van der Waals surface area contributed by atoms with Crippen LogP contribution in [0.15, 0.2) is 6.07 Å². The van der Waals surface area contributed by atoms with Crippen molar-refractivity contribution in [2.75, 3.05) is 20.6 Å². The van der Waals surface area contributed by atoms with Gasteiger partial charge in [0.2, 0.25) is 0 Å². The van der Waals surface area contributed by atoms with E-state index in [1.54, 1.807) is 0 Å². The highest BCUT2D eigenvalue weighted by Crippen LogP contribution is 2.02. The van der Waals surface area contributed by atoms with E-state index in [2.05, 4.69) is 54.4 Å². The molecule has 0 aliphatic carbocycles. The standard InChI is InChI=1S/C12H24N4/c1-5-6-11-7-12(15-14-11)8-13-10(2)9-16(3)4/h7,10,13H,5-6,8-9H2,1-4H3,(H,14,15). The van der Waals surface area contributed by atoms with Crippen LogP contribution >= 0.6 is 0 Å². The smallest absolute Gasteiger partial charge is 0.0625 e. The number of aromatic nitrogens is 2. The zero-order valence-electron chi connectivity index (χ0n) is 10.9. The van der Waals surface area contributed by atoms with Crippen molar-refractivity contribution in [3.05, 3.63) is 17.5 Å². The largest absolute Gasteiger partial charge is 0.308 e. The van der Waals surface area contributed by atoms with Crippen LogP contribution in [0, 0.1) is 0 Å². The van der Waals surface area contributed by atoms with E-state index in [0.717, 1.165) is 25.9 Å². The van der Waals surface area contributed by atoms with Crippen LogP contribution in [-0.2, 0) is 13.0 Å². The fourth-order valence-electron chi connectivity index (χ4n) is 1.78. The van der Waals surface area contributed by atoms with E-state index in [4.69, 9.17) is 0 Å². The Morgan fingerprint density at radius 3 is 2.88 bits per heavy atom. The molecule has 0 aromatic carbocycles. The van der Waals surface area contributed by atoms with Gasteiger partial charge in [-0.25, -0.2) is 0 Å². The first-order chi connectivity index (χ1) is 7.61. The van der Waals surface area contributed by atoms with Crippen molar-refractivity contribution >= 4 is 0 Å². The molecule has 0 radical (unpaired) electrons. The Bertz CT molecular complexity index is 293. The van der Waals surface area contributed by atoms with Crippen LogP contribution in [0.25, 0.3) is 0 Å². The second-order valence-corrected chi connectivity index (χ2v) is 4.68. The molecule has 2 N–H and O–H groups in total. The molecule has 1 rings (SSSR count). The topological polar surface area (TPSA) is 44.0 Å². The molecule has 1 unspecified atom stereocenters. The Labute approximate surface area is 98.4 Å². The zero-order chi connectivity index (χ0) is 12.0. The van der Waals surface area contributed by atoms with Gasteiger partial charge >= 0.3 is 0 Å². The van der Waals surface area contributed by atoms with E-state index in [0.29, 0.717) is 6.04 Å². The molecule has 1 heterocycles. The van der Waals surface area contributed by atoms with E-state index in [9.17, 15) is 0 Å². The summed E-state index contributed by atoms with van der Waals surface area (Å²) in [5.41, 5.74) is 2.34. The minimum atomic E-state index is 0.493. The zero-order valence-corrected chi connectivity index (χ0v) is 10.9. The van der Waals surface area contributed by atoms with Crippen molar-refractivity contribution in [3.63, 3.8) is 0 Å². The molecule has 1 atom stereocenters. The molecule has 4 nitrogen and oxygen atoms in total. The van der Waals surface area contributed by atoms with Crippen LogP contribution < -0.4 is 5.32 Å². The molecule has 92 valence electrons. The van der Waals surface area contributed by atoms with Crippen molar-refractivity contribution in [2.45, 2.75) is 39.3 Å². The van der Waals surface area contributed by atoms with E-state index in [1.807, 2.05) is 0 Å². The average Bonchev–Trinajstić information content (AvgIpc) is 2.62. The van der Waals surface area contributed by atoms with Crippen LogP contribution in [0.2, 0.25) is 0 Å². The SMILES string of the molecule is CCCc1cc(CNC(C)CN(C)C)[nH]n1. The molecule has 0 bridgehead atoms. The van der Waals surface area contributed by atoms with Crippen molar-refractivity contribution in [1.82, 2.24) is 20.4 Å². The number of hydrogen-bond acceptors (Lipinski definition) is 3. The summed E-state index contributed by atoms with van der Waals surface area (Å²) in [5, 5.41) is 10.8. The van der Waals surface area contributed by atoms with Crippen molar-refractivity contribution in [1.29, 1.82) is 0 Å². The summed E-state index contributed by atoms with van der Waals surface area (Å²) in [6, 6.07) is 2.65. The Hall–Kier alpha value is -0.870. The van der Waals surface area contributed by atoms with Crippen molar-refractivity contribution < 1.29 is 0 Å². The van der Waals surface area contributed by atoms with Crippen LogP contribution in [-0.4, -0.2) is 41.8 Å². The van der Waals surface area contributed by atoms with Crippen LogP contribution in [0.5, 0.6) is 0 Å². The monoisotopic (exact) mass is 224 g/mol. The van der Waals surface area contributed by atoms with Gasteiger partial charge in [0.05, 0.1) is 5.69 Å². The van der Waals surface area contributed by atoms with Gasteiger partial charge in [0.15, 0.2) is 0 Å². The van der Waals surface area contributed by atoms with E-state index in [-0.39, 0.29) is 0 Å². The third-order valence-corrected chi connectivity index (χ3v) is 2.47. The highest BCUT2D eigenvalue weighted by molar-refractivity contribution is 5.08. The molecule has 0 saturated heterocycles. The molecular formula is C12H24N4. The van der Waals surface area contributed by atoms with Gasteiger partial charge < -0.3 is 10.2 Å². The molecule has 0 saturated carbocycles. The third kappa shape index (κ3) is 4.77. The summed E-state index contributed by atoms with van der Waals surface area (Å²) in [6.45, 7) is 6.29. The second kappa shape index (κ2) is 6.66. The quantitative estimate of drug-likeness (QED) is 0.736. The van der Waals surface area contributed by atoms with E-state index >= 15 is 0 Å². The Morgan fingerprint density at radius 1 is 1.50 bits per heavy atom. The number of hydrogen-bond donors (Lipinski definition) is 2. The van der Waals surface area contributed by atoms with Gasteiger partial charge in [0.25, 0.3) is 0 Å². The molecule has 0 aliphatic heterocycles. The maximum absolute atomic E-state index is 4.27. The fraction of sp³-hybridized carbons (Fsp3) is 0.750. The molecule has 1 aromatic heterocycles. The van der Waals surface area contributed by atoms with Gasteiger partial charge in [-0.15, -0.1) is 0 Å². The summed E-state index contributed by atoms with van der Waals surface area (Å²) < 4.78 is 0. The average molecular weight is 224 g/mol. The highest BCUT2D eigenvalue weighted by atomic mass is 15.1. The van der Waals surface area contributed by atoms with Gasteiger partial charge in [0, 0.05) is 24.8 Å². The highest BCUT2D eigenvalue weighted by Gasteiger charge is 2.04. The summed E-state index contributed by atoms with van der Waals surface area (Å²) in [4.78, 5) is 2.19. The first-order valence-electron chi connectivity index (χ1n) is 6.03. The van der Waals surface area contributed by atoms with E-state index < -0.39 is 0 Å². The van der Waals surface area contributed by atoms with Gasteiger partial charge in [0.1, 0.15) is 0 Å². The lowest BCUT2D eigenvalue weighted by Gasteiger charge is -2.17. The normalized spacial score (nSPS) is 13.3.